The van der Waals surface area contributed by atoms with Gasteiger partial charge >= 0.3 is 12.0 Å². The first kappa shape index (κ1) is 15.0. The molecule has 0 bridgehead atoms. The number of rotatable bonds is 8. The van der Waals surface area contributed by atoms with E-state index in [0.717, 1.165) is 18.7 Å². The summed E-state index contributed by atoms with van der Waals surface area (Å²) in [6.07, 6.45) is 5.51. The second-order valence-corrected chi connectivity index (χ2v) is 4.37. The summed E-state index contributed by atoms with van der Waals surface area (Å²) in [5, 5.41) is 13.9. The minimum Gasteiger partial charge on any atom is -0.481 e. The summed E-state index contributed by atoms with van der Waals surface area (Å²) in [7, 11) is 0. The van der Waals surface area contributed by atoms with Crippen LogP contribution < -0.4 is 10.6 Å². The van der Waals surface area contributed by atoms with Gasteiger partial charge in [-0.2, -0.15) is 0 Å². The number of H-pyrrole nitrogens is 1. The number of aromatic nitrogens is 2. The van der Waals surface area contributed by atoms with Crippen LogP contribution in [0.1, 0.15) is 32.0 Å². The van der Waals surface area contributed by atoms with Crippen molar-refractivity contribution in [1.82, 2.24) is 20.6 Å². The van der Waals surface area contributed by atoms with Crippen molar-refractivity contribution in [2.75, 3.05) is 6.54 Å². The summed E-state index contributed by atoms with van der Waals surface area (Å²) in [4.78, 5) is 28.9. The Morgan fingerprint density at radius 3 is 2.95 bits per heavy atom. The van der Waals surface area contributed by atoms with Crippen molar-refractivity contribution < 1.29 is 14.7 Å². The number of hydrogen-bond acceptors (Lipinski definition) is 3. The molecule has 106 valence electrons. The van der Waals surface area contributed by atoms with Crippen LogP contribution >= 0.6 is 0 Å². The van der Waals surface area contributed by atoms with Gasteiger partial charge in [-0.05, 0) is 19.8 Å². The summed E-state index contributed by atoms with van der Waals surface area (Å²) in [5.74, 6) is 0.0459. The van der Waals surface area contributed by atoms with Crippen molar-refractivity contribution in [3.05, 3.63) is 18.2 Å². The molecule has 1 rings (SSSR count). The van der Waals surface area contributed by atoms with Crippen LogP contribution in [-0.4, -0.2) is 39.7 Å². The van der Waals surface area contributed by atoms with Crippen LogP contribution in [0.25, 0.3) is 0 Å². The van der Waals surface area contributed by atoms with E-state index in [1.54, 1.807) is 19.3 Å². The number of carboxylic acids is 1. The number of nitrogens with one attached hydrogen (secondary N) is 3. The number of aliphatic carboxylic acids is 1. The lowest BCUT2D eigenvalue weighted by atomic mass is 10.2. The Morgan fingerprint density at radius 2 is 2.32 bits per heavy atom. The second kappa shape index (κ2) is 8.12. The molecule has 0 aliphatic heterocycles. The second-order valence-electron chi connectivity index (χ2n) is 4.37. The van der Waals surface area contributed by atoms with Crippen LogP contribution in [0.3, 0.4) is 0 Å². The Hall–Kier alpha value is -2.05. The van der Waals surface area contributed by atoms with Crippen molar-refractivity contribution in [3.63, 3.8) is 0 Å². The molecular formula is C12H20N4O3. The summed E-state index contributed by atoms with van der Waals surface area (Å²) in [6.45, 7) is 2.34. The molecule has 1 atom stereocenters. The number of urea groups is 1. The maximum Gasteiger partial charge on any atom is 0.314 e. The molecule has 4 N–H and O–H groups in total. The third kappa shape index (κ3) is 7.07. The van der Waals surface area contributed by atoms with E-state index < -0.39 is 5.97 Å². The minimum absolute atomic E-state index is 0.0555. The van der Waals surface area contributed by atoms with Gasteiger partial charge in [-0.3, -0.25) is 4.79 Å². The number of nitrogens with zero attached hydrogens (tertiary/aromatic N) is 1. The molecule has 0 aliphatic carbocycles. The molecule has 7 nitrogen and oxygen atoms in total. The quantitative estimate of drug-likeness (QED) is 0.525. The normalized spacial score (nSPS) is 11.8. The van der Waals surface area contributed by atoms with Crippen LogP contribution in [0.4, 0.5) is 4.79 Å². The Labute approximate surface area is 111 Å². The number of hydrogen-bond donors (Lipinski definition) is 4. The fraction of sp³-hybridized carbons (Fsp3) is 0.583. The van der Waals surface area contributed by atoms with E-state index in [-0.39, 0.29) is 18.5 Å². The number of amides is 2. The number of carbonyl (C=O) groups is 2. The number of aromatic amines is 1. The zero-order valence-corrected chi connectivity index (χ0v) is 11.0. The smallest absolute Gasteiger partial charge is 0.314 e. The van der Waals surface area contributed by atoms with Crippen LogP contribution in [-0.2, 0) is 11.2 Å². The van der Waals surface area contributed by atoms with Gasteiger partial charge in [0.05, 0.1) is 0 Å². The maximum atomic E-state index is 11.5. The molecule has 0 spiro atoms. The summed E-state index contributed by atoms with van der Waals surface area (Å²) in [5.41, 5.74) is 0. The number of carbonyl (C=O) groups excluding carboxylic acids is 1. The lowest BCUT2D eigenvalue weighted by molar-refractivity contribution is -0.137. The number of imidazole rings is 1. The van der Waals surface area contributed by atoms with E-state index in [1.165, 1.54) is 0 Å². The predicted molar refractivity (Wildman–Crippen MR) is 69.8 cm³/mol. The molecule has 0 aromatic carbocycles. The van der Waals surface area contributed by atoms with E-state index in [9.17, 15) is 9.59 Å². The molecule has 2 amide bonds. The first-order chi connectivity index (χ1) is 9.08. The zero-order chi connectivity index (χ0) is 14.1. The average molecular weight is 268 g/mol. The van der Waals surface area contributed by atoms with Gasteiger partial charge in [-0.15, -0.1) is 0 Å². The fourth-order valence-electron chi connectivity index (χ4n) is 1.58. The van der Waals surface area contributed by atoms with Gasteiger partial charge in [0.15, 0.2) is 0 Å². The Balaban J connectivity index is 2.05. The Morgan fingerprint density at radius 1 is 1.53 bits per heavy atom. The lowest BCUT2D eigenvalue weighted by Gasteiger charge is -2.13. The largest absolute Gasteiger partial charge is 0.481 e. The van der Waals surface area contributed by atoms with Gasteiger partial charge in [0.25, 0.3) is 0 Å². The molecule has 0 aliphatic rings. The van der Waals surface area contributed by atoms with Gasteiger partial charge in [-0.1, -0.05) is 0 Å². The summed E-state index contributed by atoms with van der Waals surface area (Å²) >= 11 is 0. The SMILES string of the molecule is CC(CCC(=O)O)NC(=O)NCCCc1ncc[nH]1. The molecule has 7 heteroatoms. The van der Waals surface area contributed by atoms with Gasteiger partial charge in [0.1, 0.15) is 5.82 Å². The molecule has 0 radical (unpaired) electrons. The highest BCUT2D eigenvalue weighted by molar-refractivity contribution is 5.74. The molecule has 1 aromatic heterocycles. The fourth-order valence-corrected chi connectivity index (χ4v) is 1.58. The minimum atomic E-state index is -0.854. The van der Waals surface area contributed by atoms with Crippen LogP contribution in [0.15, 0.2) is 12.4 Å². The zero-order valence-electron chi connectivity index (χ0n) is 11.0. The molecule has 0 saturated heterocycles. The van der Waals surface area contributed by atoms with Gasteiger partial charge < -0.3 is 20.7 Å². The van der Waals surface area contributed by atoms with Crippen LogP contribution in [0.5, 0.6) is 0 Å². The third-order valence-corrected chi connectivity index (χ3v) is 2.60. The molecule has 0 fully saturated rings. The standard InChI is InChI=1S/C12H20N4O3/c1-9(4-5-11(17)18)16-12(19)15-6-2-3-10-13-7-8-14-10/h7-9H,2-6H2,1H3,(H,13,14)(H,17,18)(H2,15,16,19). The van der Waals surface area contributed by atoms with Crippen LogP contribution in [0, 0.1) is 0 Å². The van der Waals surface area contributed by atoms with E-state index in [2.05, 4.69) is 20.6 Å². The average Bonchev–Trinajstić information content (AvgIpc) is 2.85. The third-order valence-electron chi connectivity index (χ3n) is 2.60. The molecule has 1 unspecified atom stereocenters. The van der Waals surface area contributed by atoms with Crippen molar-refractivity contribution in [2.45, 2.75) is 38.6 Å². The molecule has 1 heterocycles. The number of aryl methyl sites for hydroxylation is 1. The monoisotopic (exact) mass is 268 g/mol. The van der Waals surface area contributed by atoms with Crippen molar-refractivity contribution in [1.29, 1.82) is 0 Å². The van der Waals surface area contributed by atoms with Gasteiger partial charge in [0, 0.05) is 37.8 Å². The van der Waals surface area contributed by atoms with Crippen LogP contribution in [0.2, 0.25) is 0 Å². The highest BCUT2D eigenvalue weighted by Crippen LogP contribution is 1.96. The van der Waals surface area contributed by atoms with Gasteiger partial charge in [0.2, 0.25) is 0 Å². The summed E-state index contributed by atoms with van der Waals surface area (Å²) in [6, 6.07) is -0.418. The Bertz CT molecular complexity index is 392. The van der Waals surface area contributed by atoms with Crippen molar-refractivity contribution in [3.8, 4) is 0 Å². The van der Waals surface area contributed by atoms with E-state index in [0.29, 0.717) is 13.0 Å². The van der Waals surface area contributed by atoms with E-state index >= 15 is 0 Å². The molecular weight excluding hydrogens is 248 g/mol. The predicted octanol–water partition coefficient (Wildman–Crippen LogP) is 0.895. The first-order valence-electron chi connectivity index (χ1n) is 6.32. The van der Waals surface area contributed by atoms with E-state index in [4.69, 9.17) is 5.11 Å². The molecule has 0 saturated carbocycles. The maximum absolute atomic E-state index is 11.5. The number of carboxylic acid groups (broad SMARTS) is 1. The van der Waals surface area contributed by atoms with Gasteiger partial charge in [-0.25, -0.2) is 9.78 Å². The first-order valence-corrected chi connectivity index (χ1v) is 6.32. The van der Waals surface area contributed by atoms with Crippen molar-refractivity contribution >= 4 is 12.0 Å². The highest BCUT2D eigenvalue weighted by atomic mass is 16.4. The topological polar surface area (TPSA) is 107 Å². The summed E-state index contributed by atoms with van der Waals surface area (Å²) < 4.78 is 0. The Kier molecular flexibility index (Phi) is 6.42. The highest BCUT2D eigenvalue weighted by Gasteiger charge is 2.08. The van der Waals surface area contributed by atoms with Crippen molar-refractivity contribution in [2.24, 2.45) is 0 Å². The molecule has 19 heavy (non-hydrogen) atoms. The lowest BCUT2D eigenvalue weighted by Crippen LogP contribution is -2.41. The van der Waals surface area contributed by atoms with E-state index in [1.807, 2.05) is 0 Å². The molecule has 1 aromatic rings.